The van der Waals surface area contributed by atoms with Gasteiger partial charge in [-0.05, 0) is 6.92 Å². The van der Waals surface area contributed by atoms with Gasteiger partial charge in [-0.1, -0.05) is 0 Å². The summed E-state index contributed by atoms with van der Waals surface area (Å²) in [7, 11) is 5.35. The van der Waals surface area contributed by atoms with Crippen LogP contribution in [-0.2, 0) is 7.05 Å². The Morgan fingerprint density at radius 3 is 2.39 bits per heavy atom. The summed E-state index contributed by atoms with van der Waals surface area (Å²) in [6, 6.07) is 4.02. The van der Waals surface area contributed by atoms with Gasteiger partial charge in [0.1, 0.15) is 0 Å². The molecule has 0 radical (unpaired) electrons. The molecule has 0 atom stereocenters. The highest BCUT2D eigenvalue weighted by atomic mass is 127. The van der Waals surface area contributed by atoms with Crippen LogP contribution >= 0.6 is 11.5 Å². The van der Waals surface area contributed by atoms with Crippen molar-refractivity contribution < 1.29 is 37.4 Å². The third kappa shape index (κ3) is 2.64. The summed E-state index contributed by atoms with van der Waals surface area (Å²) in [6.07, 6.45) is 0. The number of aryl methyl sites for hydroxylation is 1. The Labute approximate surface area is 128 Å². The molecule has 2 aromatic rings. The number of methoxy groups -OCH3 is 2. The molecule has 1 aromatic heterocycles. The summed E-state index contributed by atoms with van der Waals surface area (Å²) in [6.45, 7) is 3.00. The number of aromatic nitrogens is 1. The van der Waals surface area contributed by atoms with Crippen LogP contribution in [0, 0.1) is 0 Å². The molecule has 100 valence electrons. The summed E-state index contributed by atoms with van der Waals surface area (Å²) in [5, 5.41) is 5.68. The summed E-state index contributed by atoms with van der Waals surface area (Å²) >= 11 is 1.69. The van der Waals surface area contributed by atoms with E-state index in [1.165, 1.54) is 0 Å². The maximum absolute atomic E-state index is 5.33. The van der Waals surface area contributed by atoms with E-state index < -0.39 is 0 Å². The van der Waals surface area contributed by atoms with Crippen LogP contribution in [0.4, 0.5) is 5.00 Å². The number of hydrogen-bond donors (Lipinski definition) is 1. The van der Waals surface area contributed by atoms with Crippen LogP contribution in [0.1, 0.15) is 6.92 Å². The third-order valence-electron chi connectivity index (χ3n) is 2.65. The molecular formula is C12H17IN2O2S. The molecule has 1 aromatic carbocycles. The molecule has 2 rings (SSSR count). The highest BCUT2D eigenvalue weighted by Crippen LogP contribution is 2.35. The Hall–Kier alpha value is -0.760. The molecule has 0 fully saturated rings. The van der Waals surface area contributed by atoms with Crippen molar-refractivity contribution in [1.29, 1.82) is 0 Å². The first kappa shape index (κ1) is 15.3. The lowest BCUT2D eigenvalue weighted by Gasteiger charge is -2.06. The van der Waals surface area contributed by atoms with E-state index in [4.69, 9.17) is 9.47 Å². The Morgan fingerprint density at radius 2 is 1.83 bits per heavy atom. The molecule has 1 N–H and O–H groups in total. The summed E-state index contributed by atoms with van der Waals surface area (Å²) in [4.78, 5) is 0. The van der Waals surface area contributed by atoms with E-state index in [0.717, 1.165) is 33.9 Å². The number of fused-ring (bicyclic) bond motifs is 1. The topological polar surface area (TPSA) is 34.4 Å². The van der Waals surface area contributed by atoms with Crippen LogP contribution in [0.2, 0.25) is 0 Å². The molecule has 18 heavy (non-hydrogen) atoms. The fourth-order valence-corrected chi connectivity index (χ4v) is 2.83. The lowest BCUT2D eigenvalue weighted by molar-refractivity contribution is -0.573. The molecule has 0 bridgehead atoms. The highest BCUT2D eigenvalue weighted by molar-refractivity contribution is 7.07. The van der Waals surface area contributed by atoms with Crippen LogP contribution in [-0.4, -0.2) is 20.8 Å². The van der Waals surface area contributed by atoms with Crippen molar-refractivity contribution in [3.05, 3.63) is 12.1 Å². The molecule has 0 aliphatic carbocycles. The molecule has 0 spiro atoms. The zero-order valence-corrected chi connectivity index (χ0v) is 13.9. The molecular weight excluding hydrogens is 363 g/mol. The Bertz CT molecular complexity index is 542. The molecule has 0 saturated heterocycles. The Kier molecular flexibility index (Phi) is 5.46. The van der Waals surface area contributed by atoms with E-state index in [0.29, 0.717) is 0 Å². The monoisotopic (exact) mass is 380 g/mol. The lowest BCUT2D eigenvalue weighted by Crippen LogP contribution is -3.00. The van der Waals surface area contributed by atoms with E-state index in [1.807, 2.05) is 19.2 Å². The average molecular weight is 380 g/mol. The maximum Gasteiger partial charge on any atom is 0.233 e. The summed E-state index contributed by atoms with van der Waals surface area (Å²) in [5.74, 6) is 1.52. The first-order chi connectivity index (χ1) is 8.21. The van der Waals surface area contributed by atoms with Gasteiger partial charge in [0.25, 0.3) is 0 Å². The second-order valence-corrected chi connectivity index (χ2v) is 4.81. The summed E-state index contributed by atoms with van der Waals surface area (Å²) in [5.41, 5.74) is 1.14. The van der Waals surface area contributed by atoms with Crippen molar-refractivity contribution in [3.63, 3.8) is 0 Å². The predicted octanol–water partition coefficient (Wildman–Crippen LogP) is -0.821. The van der Waals surface area contributed by atoms with Crippen molar-refractivity contribution in [1.82, 2.24) is 0 Å². The van der Waals surface area contributed by atoms with Gasteiger partial charge in [0.05, 0.1) is 25.7 Å². The normalized spacial score (nSPS) is 10.0. The van der Waals surface area contributed by atoms with Gasteiger partial charge in [-0.15, -0.1) is 3.96 Å². The number of hydrogen-bond acceptors (Lipinski definition) is 4. The van der Waals surface area contributed by atoms with Crippen LogP contribution in [0.5, 0.6) is 11.5 Å². The second-order valence-electron chi connectivity index (χ2n) is 3.67. The molecule has 4 nitrogen and oxygen atoms in total. The molecule has 0 amide bonds. The van der Waals surface area contributed by atoms with Crippen LogP contribution in [0.3, 0.4) is 0 Å². The van der Waals surface area contributed by atoms with Crippen LogP contribution in [0.25, 0.3) is 10.9 Å². The van der Waals surface area contributed by atoms with Gasteiger partial charge in [0.15, 0.2) is 35.1 Å². The Balaban J connectivity index is 0.00000162. The fourth-order valence-electron chi connectivity index (χ4n) is 1.83. The number of halogens is 1. The number of nitrogens with one attached hydrogen (secondary N) is 1. The van der Waals surface area contributed by atoms with E-state index in [2.05, 4.69) is 16.2 Å². The van der Waals surface area contributed by atoms with Crippen molar-refractivity contribution in [3.8, 4) is 11.5 Å². The van der Waals surface area contributed by atoms with E-state index in [1.54, 1.807) is 25.8 Å². The number of nitrogens with zero attached hydrogens (tertiary/aromatic N) is 1. The molecule has 0 saturated carbocycles. The van der Waals surface area contributed by atoms with Gasteiger partial charge in [-0.2, -0.15) is 0 Å². The fraction of sp³-hybridized carbons (Fsp3) is 0.417. The SMILES string of the molecule is CCNc1s[n+](C)c2cc(OC)c(OC)cc12.[I-]. The van der Waals surface area contributed by atoms with Crippen molar-refractivity contribution in [2.75, 3.05) is 26.1 Å². The van der Waals surface area contributed by atoms with Crippen LogP contribution in [0.15, 0.2) is 12.1 Å². The van der Waals surface area contributed by atoms with Crippen molar-refractivity contribution >= 4 is 27.4 Å². The van der Waals surface area contributed by atoms with Gasteiger partial charge in [-0.3, -0.25) is 0 Å². The number of ether oxygens (including phenoxy) is 2. The average Bonchev–Trinajstić information content (AvgIpc) is 2.65. The number of benzene rings is 1. The first-order valence-electron chi connectivity index (χ1n) is 5.50. The van der Waals surface area contributed by atoms with Gasteiger partial charge in [0.2, 0.25) is 5.52 Å². The largest absolute Gasteiger partial charge is 1.00 e. The second kappa shape index (κ2) is 6.42. The maximum atomic E-state index is 5.33. The quantitative estimate of drug-likeness (QED) is 0.556. The van der Waals surface area contributed by atoms with Gasteiger partial charge < -0.3 is 38.8 Å². The highest BCUT2D eigenvalue weighted by Gasteiger charge is 2.19. The van der Waals surface area contributed by atoms with E-state index >= 15 is 0 Å². The van der Waals surface area contributed by atoms with Crippen molar-refractivity contribution in [2.45, 2.75) is 6.92 Å². The number of anilines is 1. The van der Waals surface area contributed by atoms with Crippen LogP contribution < -0.4 is 42.7 Å². The lowest BCUT2D eigenvalue weighted by atomic mass is 10.2. The standard InChI is InChI=1S/C12H16N2O2S.HI/c1-5-13-12-8-6-10(15-3)11(16-4)7-9(8)14(2)17-12;/h6-7H,5H2,1-4H3;1H. The van der Waals surface area contributed by atoms with E-state index in [-0.39, 0.29) is 24.0 Å². The minimum absolute atomic E-state index is 0. The van der Waals surface area contributed by atoms with Gasteiger partial charge in [-0.25, -0.2) is 0 Å². The Morgan fingerprint density at radius 1 is 1.22 bits per heavy atom. The minimum atomic E-state index is 0. The molecule has 1 heterocycles. The molecule has 6 heteroatoms. The number of rotatable bonds is 4. The minimum Gasteiger partial charge on any atom is -1.00 e. The van der Waals surface area contributed by atoms with Gasteiger partial charge >= 0.3 is 0 Å². The molecule has 0 aliphatic rings. The zero-order chi connectivity index (χ0) is 12.4. The predicted molar refractivity (Wildman–Crippen MR) is 70.3 cm³/mol. The third-order valence-corrected chi connectivity index (χ3v) is 3.67. The van der Waals surface area contributed by atoms with E-state index in [9.17, 15) is 0 Å². The zero-order valence-electron chi connectivity index (χ0n) is 10.9. The molecule has 0 aliphatic heterocycles. The first-order valence-corrected chi connectivity index (χ1v) is 6.27. The summed E-state index contributed by atoms with van der Waals surface area (Å²) < 4.78 is 12.8. The van der Waals surface area contributed by atoms with Gasteiger partial charge in [0, 0.05) is 12.6 Å². The smallest absolute Gasteiger partial charge is 0.233 e. The van der Waals surface area contributed by atoms with Crippen molar-refractivity contribution in [2.24, 2.45) is 7.05 Å². The molecule has 0 unspecified atom stereocenters.